The van der Waals surface area contributed by atoms with Gasteiger partial charge in [-0.15, -0.1) is 5.10 Å². The first kappa shape index (κ1) is 13.8. The van der Waals surface area contributed by atoms with E-state index in [0.29, 0.717) is 5.92 Å². The number of pyridine rings is 1. The molecule has 0 aromatic carbocycles. The van der Waals surface area contributed by atoms with Crippen molar-refractivity contribution in [3.05, 3.63) is 47.9 Å². The topological polar surface area (TPSA) is 55.6 Å². The van der Waals surface area contributed by atoms with Crippen molar-refractivity contribution in [3.63, 3.8) is 0 Å². The van der Waals surface area contributed by atoms with Crippen LogP contribution < -0.4 is 5.32 Å². The van der Waals surface area contributed by atoms with E-state index in [-0.39, 0.29) is 0 Å². The Balaban J connectivity index is 1.52. The first-order valence-corrected chi connectivity index (χ1v) is 7.53. The maximum Gasteiger partial charge on any atom is 0.126 e. The summed E-state index contributed by atoms with van der Waals surface area (Å²) >= 11 is 0. The fraction of sp³-hybridized carbons (Fsp3) is 0.438. The summed E-state index contributed by atoms with van der Waals surface area (Å²) in [6.45, 7) is 3.66. The van der Waals surface area contributed by atoms with Crippen LogP contribution in [0.2, 0.25) is 0 Å². The summed E-state index contributed by atoms with van der Waals surface area (Å²) < 4.78 is 1.91. The van der Waals surface area contributed by atoms with Gasteiger partial charge in [-0.25, -0.2) is 4.98 Å². The van der Waals surface area contributed by atoms with Gasteiger partial charge in [-0.3, -0.25) is 4.68 Å². The van der Waals surface area contributed by atoms with Crippen LogP contribution in [0, 0.1) is 6.92 Å². The van der Waals surface area contributed by atoms with E-state index in [0.717, 1.165) is 37.4 Å². The Bertz CT molecular complexity index is 617. The molecule has 0 amide bonds. The molecule has 110 valence electrons. The zero-order chi connectivity index (χ0) is 14.5. The van der Waals surface area contributed by atoms with Crippen molar-refractivity contribution in [1.82, 2.24) is 20.0 Å². The van der Waals surface area contributed by atoms with E-state index >= 15 is 0 Å². The van der Waals surface area contributed by atoms with E-state index in [1.807, 2.05) is 23.0 Å². The highest BCUT2D eigenvalue weighted by Gasteiger charge is 2.15. The lowest BCUT2D eigenvalue weighted by atomic mass is 9.92. The summed E-state index contributed by atoms with van der Waals surface area (Å²) in [4.78, 5) is 4.29. The van der Waals surface area contributed by atoms with Crippen molar-refractivity contribution in [1.29, 1.82) is 0 Å². The van der Waals surface area contributed by atoms with Crippen LogP contribution in [0.5, 0.6) is 0 Å². The molecule has 0 saturated carbocycles. The van der Waals surface area contributed by atoms with Gasteiger partial charge in [-0.2, -0.15) is 0 Å². The van der Waals surface area contributed by atoms with Crippen molar-refractivity contribution in [2.75, 3.05) is 11.9 Å². The summed E-state index contributed by atoms with van der Waals surface area (Å²) in [5.41, 5.74) is 2.33. The van der Waals surface area contributed by atoms with Crippen molar-refractivity contribution in [2.45, 2.75) is 38.6 Å². The molecular weight excluding hydrogens is 262 g/mol. The van der Waals surface area contributed by atoms with Crippen LogP contribution in [0.25, 0.3) is 0 Å². The molecule has 3 rings (SSSR count). The van der Waals surface area contributed by atoms with Crippen molar-refractivity contribution < 1.29 is 0 Å². The van der Waals surface area contributed by atoms with Crippen LogP contribution in [0.4, 0.5) is 5.82 Å². The highest BCUT2D eigenvalue weighted by atomic mass is 15.4. The van der Waals surface area contributed by atoms with Crippen molar-refractivity contribution in [3.8, 4) is 0 Å². The minimum Gasteiger partial charge on any atom is -0.368 e. The van der Waals surface area contributed by atoms with Crippen LogP contribution in [0.15, 0.2) is 36.7 Å². The first-order valence-electron chi connectivity index (χ1n) is 7.53. The van der Waals surface area contributed by atoms with Gasteiger partial charge in [0.2, 0.25) is 0 Å². The van der Waals surface area contributed by atoms with Gasteiger partial charge < -0.3 is 5.32 Å². The minimum atomic E-state index is 0.537. The van der Waals surface area contributed by atoms with Crippen molar-refractivity contribution >= 4 is 5.82 Å². The molecule has 0 saturated heterocycles. The molecule has 1 aliphatic rings. The maximum atomic E-state index is 4.32. The molecule has 1 aliphatic carbocycles. The Morgan fingerprint density at radius 2 is 2.33 bits per heavy atom. The predicted octanol–water partition coefficient (Wildman–Crippen LogP) is 2.92. The molecule has 21 heavy (non-hydrogen) atoms. The van der Waals surface area contributed by atoms with E-state index in [4.69, 9.17) is 0 Å². The second-order valence-corrected chi connectivity index (χ2v) is 5.53. The predicted molar refractivity (Wildman–Crippen MR) is 83.2 cm³/mol. The normalized spacial score (nSPS) is 17.9. The third-order valence-corrected chi connectivity index (χ3v) is 3.81. The zero-order valence-electron chi connectivity index (χ0n) is 12.4. The molecule has 2 aromatic heterocycles. The molecule has 1 N–H and O–H groups in total. The van der Waals surface area contributed by atoms with E-state index in [1.165, 1.54) is 12.0 Å². The van der Waals surface area contributed by atoms with Crippen LogP contribution in [0.3, 0.4) is 0 Å². The van der Waals surface area contributed by atoms with Gasteiger partial charge in [-0.05, 0) is 43.9 Å². The number of nitrogens with zero attached hydrogens (tertiary/aromatic N) is 4. The summed E-state index contributed by atoms with van der Waals surface area (Å²) in [6, 6.07) is 4.04. The Morgan fingerprint density at radius 1 is 1.38 bits per heavy atom. The second kappa shape index (κ2) is 6.52. The minimum absolute atomic E-state index is 0.537. The summed E-state index contributed by atoms with van der Waals surface area (Å²) in [5, 5.41) is 11.8. The Hall–Kier alpha value is -2.17. The molecule has 0 spiro atoms. The van der Waals surface area contributed by atoms with Gasteiger partial charge in [0.15, 0.2) is 0 Å². The largest absolute Gasteiger partial charge is 0.368 e. The smallest absolute Gasteiger partial charge is 0.126 e. The van der Waals surface area contributed by atoms with Crippen molar-refractivity contribution in [2.24, 2.45) is 0 Å². The van der Waals surface area contributed by atoms with Gasteiger partial charge in [0.25, 0.3) is 0 Å². The molecule has 5 heteroatoms. The second-order valence-electron chi connectivity index (χ2n) is 5.53. The SMILES string of the molecule is Cc1ccnc(NCCn2cc([C@H]3CC=CCC3)nn2)c1. The summed E-state index contributed by atoms with van der Waals surface area (Å²) in [6.07, 6.45) is 11.8. The Labute approximate surface area is 125 Å². The quantitative estimate of drug-likeness (QED) is 0.857. The van der Waals surface area contributed by atoms with E-state index in [1.54, 1.807) is 0 Å². The third-order valence-electron chi connectivity index (χ3n) is 3.81. The maximum absolute atomic E-state index is 4.32. The Morgan fingerprint density at radius 3 is 3.14 bits per heavy atom. The molecule has 0 fully saturated rings. The number of aryl methyl sites for hydroxylation is 1. The molecule has 0 aliphatic heterocycles. The number of nitrogens with one attached hydrogen (secondary N) is 1. The van der Waals surface area contributed by atoms with Crippen LogP contribution in [-0.4, -0.2) is 26.5 Å². The third kappa shape index (κ3) is 3.68. The Kier molecular flexibility index (Phi) is 4.28. The summed E-state index contributed by atoms with van der Waals surface area (Å²) in [5.74, 6) is 1.45. The highest BCUT2D eigenvalue weighted by Crippen LogP contribution is 2.27. The number of allylic oxidation sites excluding steroid dienone is 2. The van der Waals surface area contributed by atoms with Gasteiger partial charge >= 0.3 is 0 Å². The molecule has 1 atom stereocenters. The van der Waals surface area contributed by atoms with Crippen LogP contribution >= 0.6 is 0 Å². The lowest BCUT2D eigenvalue weighted by Gasteiger charge is -2.13. The van der Waals surface area contributed by atoms with Crippen LogP contribution in [-0.2, 0) is 6.54 Å². The molecular formula is C16H21N5. The molecule has 2 aromatic rings. The fourth-order valence-corrected chi connectivity index (χ4v) is 2.60. The molecule has 0 bridgehead atoms. The highest BCUT2D eigenvalue weighted by molar-refractivity contribution is 5.36. The number of rotatable bonds is 5. The number of hydrogen-bond donors (Lipinski definition) is 1. The average Bonchev–Trinajstić information content (AvgIpc) is 2.97. The van der Waals surface area contributed by atoms with Gasteiger partial charge in [0.05, 0.1) is 12.2 Å². The van der Waals surface area contributed by atoms with Gasteiger partial charge in [0.1, 0.15) is 5.82 Å². The average molecular weight is 283 g/mol. The molecule has 0 unspecified atom stereocenters. The van der Waals surface area contributed by atoms with Crippen LogP contribution in [0.1, 0.15) is 36.4 Å². The monoisotopic (exact) mass is 283 g/mol. The molecule has 0 radical (unpaired) electrons. The molecule has 2 heterocycles. The molecule has 5 nitrogen and oxygen atoms in total. The lowest BCUT2D eigenvalue weighted by molar-refractivity contribution is 0.595. The van der Waals surface area contributed by atoms with E-state index in [2.05, 4.69) is 45.9 Å². The van der Waals surface area contributed by atoms with E-state index < -0.39 is 0 Å². The van der Waals surface area contributed by atoms with Gasteiger partial charge in [-0.1, -0.05) is 17.4 Å². The number of aromatic nitrogens is 4. The zero-order valence-corrected chi connectivity index (χ0v) is 12.4. The fourth-order valence-electron chi connectivity index (χ4n) is 2.60. The standard InChI is InChI=1S/C16H21N5/c1-13-7-8-17-16(11-13)18-9-10-21-12-15(19-20-21)14-5-3-2-4-6-14/h2-3,7-8,11-12,14H,4-6,9-10H2,1H3,(H,17,18)/t14-/m0/s1. The van der Waals surface area contributed by atoms with Gasteiger partial charge in [0, 0.05) is 24.9 Å². The number of anilines is 1. The first-order chi connectivity index (χ1) is 10.3. The summed E-state index contributed by atoms with van der Waals surface area (Å²) in [7, 11) is 0. The van der Waals surface area contributed by atoms with E-state index in [9.17, 15) is 0 Å². The number of hydrogen-bond acceptors (Lipinski definition) is 4. The lowest BCUT2D eigenvalue weighted by Crippen LogP contribution is -2.11.